The highest BCUT2D eigenvalue weighted by Crippen LogP contribution is 2.11. The summed E-state index contributed by atoms with van der Waals surface area (Å²) in [5.74, 6) is 0.370. The third-order valence-corrected chi connectivity index (χ3v) is 2.28. The van der Waals surface area contributed by atoms with Gasteiger partial charge in [-0.1, -0.05) is 11.6 Å². The number of aromatic nitrogens is 4. The minimum atomic E-state index is -0.371. The number of aromatic amines is 1. The zero-order valence-electron chi connectivity index (χ0n) is 7.86. The fourth-order valence-electron chi connectivity index (χ4n) is 1.11. The van der Waals surface area contributed by atoms with Gasteiger partial charge in [-0.25, -0.2) is 9.97 Å². The molecule has 6 heteroatoms. The molecule has 0 spiro atoms. The summed E-state index contributed by atoms with van der Waals surface area (Å²) in [6, 6.07) is 0. The summed E-state index contributed by atoms with van der Waals surface area (Å²) in [5.41, 5.74) is 0.611. The van der Waals surface area contributed by atoms with Crippen molar-refractivity contribution in [2.24, 2.45) is 0 Å². The molecule has 2 heterocycles. The monoisotopic (exact) mass is 222 g/mol. The van der Waals surface area contributed by atoms with Crippen LogP contribution in [0.2, 0.25) is 5.02 Å². The molecular weight excluding hydrogens is 216 g/mol. The summed E-state index contributed by atoms with van der Waals surface area (Å²) < 4.78 is 0. The van der Waals surface area contributed by atoms with E-state index in [4.69, 9.17) is 11.6 Å². The average Bonchev–Trinajstić information content (AvgIpc) is 2.26. The van der Waals surface area contributed by atoms with Crippen molar-refractivity contribution in [3.8, 4) is 11.5 Å². The van der Waals surface area contributed by atoms with E-state index in [9.17, 15) is 4.79 Å². The Labute approximate surface area is 90.2 Å². The average molecular weight is 223 g/mol. The number of nitrogens with zero attached hydrogens (tertiary/aromatic N) is 3. The minimum Gasteiger partial charge on any atom is -0.304 e. The van der Waals surface area contributed by atoms with E-state index in [1.54, 1.807) is 13.1 Å². The van der Waals surface area contributed by atoms with Gasteiger partial charge in [0.1, 0.15) is 10.7 Å². The Morgan fingerprint density at radius 1 is 1.40 bits per heavy atom. The van der Waals surface area contributed by atoms with Gasteiger partial charge in [-0.3, -0.25) is 9.78 Å². The van der Waals surface area contributed by atoms with Crippen LogP contribution in [0.4, 0.5) is 0 Å². The Morgan fingerprint density at radius 2 is 2.20 bits per heavy atom. The van der Waals surface area contributed by atoms with E-state index >= 15 is 0 Å². The number of aryl methyl sites for hydroxylation is 1. The van der Waals surface area contributed by atoms with Crippen LogP contribution in [-0.4, -0.2) is 19.9 Å². The summed E-state index contributed by atoms with van der Waals surface area (Å²) in [6.07, 6.45) is 4.59. The van der Waals surface area contributed by atoms with E-state index in [-0.39, 0.29) is 10.6 Å². The quantitative estimate of drug-likeness (QED) is 0.787. The maximum Gasteiger partial charge on any atom is 0.270 e. The summed E-state index contributed by atoms with van der Waals surface area (Å²) >= 11 is 5.69. The van der Waals surface area contributed by atoms with Gasteiger partial charge in [0, 0.05) is 12.4 Å². The lowest BCUT2D eigenvalue weighted by Crippen LogP contribution is -2.11. The molecule has 0 saturated carbocycles. The minimum absolute atomic E-state index is 0.0997. The molecule has 0 aliphatic carbocycles. The second-order valence-corrected chi connectivity index (χ2v) is 3.28. The van der Waals surface area contributed by atoms with E-state index < -0.39 is 0 Å². The van der Waals surface area contributed by atoms with Gasteiger partial charge in [0.05, 0.1) is 11.9 Å². The van der Waals surface area contributed by atoms with Crippen LogP contribution in [0.5, 0.6) is 0 Å². The van der Waals surface area contributed by atoms with Gasteiger partial charge in [-0.15, -0.1) is 0 Å². The molecular formula is C9H7ClN4O. The highest BCUT2D eigenvalue weighted by molar-refractivity contribution is 6.30. The van der Waals surface area contributed by atoms with E-state index in [1.165, 1.54) is 12.4 Å². The number of hydrogen-bond acceptors (Lipinski definition) is 4. The molecule has 0 amide bonds. The largest absolute Gasteiger partial charge is 0.304 e. The maximum atomic E-state index is 11.4. The maximum absolute atomic E-state index is 11.4. The van der Waals surface area contributed by atoms with Crippen LogP contribution in [0, 0.1) is 6.92 Å². The molecule has 0 bridgehead atoms. The van der Waals surface area contributed by atoms with Crippen molar-refractivity contribution >= 4 is 11.6 Å². The molecule has 0 atom stereocenters. The molecule has 15 heavy (non-hydrogen) atoms. The highest BCUT2D eigenvalue weighted by atomic mass is 35.5. The smallest absolute Gasteiger partial charge is 0.270 e. The molecule has 0 unspecified atom stereocenters. The van der Waals surface area contributed by atoms with E-state index in [2.05, 4.69) is 19.9 Å². The molecule has 0 aliphatic heterocycles. The van der Waals surface area contributed by atoms with Crippen molar-refractivity contribution in [1.29, 1.82) is 0 Å². The van der Waals surface area contributed by atoms with Gasteiger partial charge in [0.2, 0.25) is 0 Å². The number of halogens is 1. The number of hydrogen-bond donors (Lipinski definition) is 1. The van der Waals surface area contributed by atoms with Crippen LogP contribution in [0.3, 0.4) is 0 Å². The van der Waals surface area contributed by atoms with Crippen molar-refractivity contribution < 1.29 is 0 Å². The molecule has 2 rings (SSSR count). The molecule has 2 aromatic rings. The number of H-pyrrole nitrogens is 1. The normalized spacial score (nSPS) is 10.3. The van der Waals surface area contributed by atoms with Crippen LogP contribution in [0.15, 0.2) is 23.4 Å². The van der Waals surface area contributed by atoms with Crippen LogP contribution in [0.1, 0.15) is 5.69 Å². The van der Waals surface area contributed by atoms with Crippen LogP contribution < -0.4 is 5.56 Å². The molecule has 1 N–H and O–H groups in total. The summed E-state index contributed by atoms with van der Waals surface area (Å²) in [4.78, 5) is 25.9. The van der Waals surface area contributed by atoms with Crippen molar-refractivity contribution in [2.45, 2.75) is 6.92 Å². The van der Waals surface area contributed by atoms with E-state index in [1.807, 2.05) is 0 Å². The third kappa shape index (κ3) is 1.87. The highest BCUT2D eigenvalue weighted by Gasteiger charge is 2.07. The molecule has 2 aromatic heterocycles. The Bertz CT molecular complexity index is 538. The SMILES string of the molecule is Cc1nc(-c2cnccn2)[nH]c(=O)c1Cl. The standard InChI is InChI=1S/C9H7ClN4O/c1-5-7(10)9(15)14-8(13-5)6-4-11-2-3-12-6/h2-4H,1H3,(H,13,14,15). The second kappa shape index (κ2) is 3.78. The Morgan fingerprint density at radius 3 is 2.80 bits per heavy atom. The first-order valence-corrected chi connectivity index (χ1v) is 4.59. The van der Waals surface area contributed by atoms with Gasteiger partial charge in [0.15, 0.2) is 5.82 Å². The Kier molecular flexibility index (Phi) is 2.47. The summed E-state index contributed by atoms with van der Waals surface area (Å²) in [5, 5.41) is 0.0997. The second-order valence-electron chi connectivity index (χ2n) is 2.90. The first-order valence-electron chi connectivity index (χ1n) is 4.21. The lowest BCUT2D eigenvalue weighted by Gasteiger charge is -2.01. The molecule has 0 aromatic carbocycles. The van der Waals surface area contributed by atoms with Gasteiger partial charge >= 0.3 is 0 Å². The van der Waals surface area contributed by atoms with Crippen LogP contribution in [-0.2, 0) is 0 Å². The molecule has 5 nitrogen and oxygen atoms in total. The van der Waals surface area contributed by atoms with Crippen molar-refractivity contribution in [2.75, 3.05) is 0 Å². The molecule has 76 valence electrons. The van der Waals surface area contributed by atoms with Gasteiger partial charge in [0.25, 0.3) is 5.56 Å². The molecule has 0 fully saturated rings. The topological polar surface area (TPSA) is 71.5 Å². The van der Waals surface area contributed by atoms with Gasteiger partial charge in [-0.2, -0.15) is 0 Å². The predicted octanol–water partition coefficient (Wildman–Crippen LogP) is 1.19. The molecule has 0 aliphatic rings. The van der Waals surface area contributed by atoms with Gasteiger partial charge in [-0.05, 0) is 6.92 Å². The fourth-order valence-corrected chi connectivity index (χ4v) is 1.20. The fraction of sp³-hybridized carbons (Fsp3) is 0.111. The Hall–Kier alpha value is -1.75. The zero-order valence-corrected chi connectivity index (χ0v) is 8.62. The van der Waals surface area contributed by atoms with Crippen molar-refractivity contribution in [3.63, 3.8) is 0 Å². The number of nitrogens with one attached hydrogen (secondary N) is 1. The number of rotatable bonds is 1. The first-order chi connectivity index (χ1) is 7.18. The zero-order chi connectivity index (χ0) is 10.8. The third-order valence-electron chi connectivity index (χ3n) is 1.83. The molecule has 0 radical (unpaired) electrons. The predicted molar refractivity (Wildman–Crippen MR) is 55.6 cm³/mol. The lowest BCUT2D eigenvalue weighted by molar-refractivity contribution is 1.05. The summed E-state index contributed by atoms with van der Waals surface area (Å²) in [6.45, 7) is 1.66. The van der Waals surface area contributed by atoms with Crippen molar-refractivity contribution in [3.05, 3.63) is 39.7 Å². The van der Waals surface area contributed by atoms with Crippen molar-refractivity contribution in [1.82, 2.24) is 19.9 Å². The van der Waals surface area contributed by atoms with E-state index in [0.717, 1.165) is 0 Å². The van der Waals surface area contributed by atoms with E-state index in [0.29, 0.717) is 17.2 Å². The first kappa shape index (κ1) is 9.79. The summed E-state index contributed by atoms with van der Waals surface area (Å²) in [7, 11) is 0. The van der Waals surface area contributed by atoms with Gasteiger partial charge < -0.3 is 4.98 Å². The lowest BCUT2D eigenvalue weighted by atomic mass is 10.4. The van der Waals surface area contributed by atoms with Crippen LogP contribution in [0.25, 0.3) is 11.5 Å². The Balaban J connectivity index is 2.61. The molecule has 0 saturated heterocycles. The van der Waals surface area contributed by atoms with Crippen LogP contribution >= 0.6 is 11.6 Å².